The van der Waals surface area contributed by atoms with Gasteiger partial charge in [0, 0.05) is 6.54 Å². The zero-order valence-electron chi connectivity index (χ0n) is 11.6. The number of unbranched alkanes of at least 4 members (excludes halogenated alkanes) is 1. The van der Waals surface area contributed by atoms with E-state index in [1.165, 1.54) is 25.7 Å². The first kappa shape index (κ1) is 15.9. The molecule has 2 atom stereocenters. The van der Waals surface area contributed by atoms with E-state index in [1.807, 2.05) is 0 Å². The molecule has 0 aliphatic carbocycles. The first-order valence-corrected chi connectivity index (χ1v) is 6.98. The summed E-state index contributed by atoms with van der Waals surface area (Å²) >= 11 is 0. The molecule has 2 heteroatoms. The molecule has 0 spiro atoms. The maximum atomic E-state index is 9.72. The molecular formula is C14H31NO. The van der Waals surface area contributed by atoms with Crippen molar-refractivity contribution in [3.8, 4) is 0 Å². The van der Waals surface area contributed by atoms with Crippen LogP contribution in [0.1, 0.15) is 59.8 Å². The van der Waals surface area contributed by atoms with Crippen molar-refractivity contribution in [1.82, 2.24) is 5.32 Å². The molecule has 0 radical (unpaired) electrons. The van der Waals surface area contributed by atoms with E-state index in [-0.39, 0.29) is 6.10 Å². The van der Waals surface area contributed by atoms with E-state index >= 15 is 0 Å². The molecule has 0 saturated carbocycles. The Balaban J connectivity index is 3.53. The van der Waals surface area contributed by atoms with E-state index < -0.39 is 0 Å². The smallest absolute Gasteiger partial charge is 0.0667 e. The van der Waals surface area contributed by atoms with Crippen LogP contribution < -0.4 is 5.32 Å². The summed E-state index contributed by atoms with van der Waals surface area (Å²) in [6.07, 6.45) is 5.90. The molecule has 0 fully saturated rings. The first-order valence-electron chi connectivity index (χ1n) is 6.98. The van der Waals surface area contributed by atoms with Gasteiger partial charge in [0.1, 0.15) is 0 Å². The molecule has 2 nitrogen and oxygen atoms in total. The van der Waals surface area contributed by atoms with Gasteiger partial charge < -0.3 is 10.4 Å². The van der Waals surface area contributed by atoms with Crippen molar-refractivity contribution in [1.29, 1.82) is 0 Å². The van der Waals surface area contributed by atoms with Crippen LogP contribution in [0, 0.1) is 11.8 Å². The highest BCUT2D eigenvalue weighted by molar-refractivity contribution is 4.65. The van der Waals surface area contributed by atoms with Gasteiger partial charge in [0.05, 0.1) is 6.10 Å². The van der Waals surface area contributed by atoms with Gasteiger partial charge in [-0.2, -0.15) is 0 Å². The van der Waals surface area contributed by atoms with Gasteiger partial charge >= 0.3 is 0 Å². The van der Waals surface area contributed by atoms with Crippen LogP contribution in [0.3, 0.4) is 0 Å². The lowest BCUT2D eigenvalue weighted by Gasteiger charge is -2.18. The summed E-state index contributed by atoms with van der Waals surface area (Å²) in [5.74, 6) is 1.37. The lowest BCUT2D eigenvalue weighted by Crippen LogP contribution is -2.31. The molecule has 0 aromatic rings. The highest BCUT2D eigenvalue weighted by atomic mass is 16.3. The van der Waals surface area contributed by atoms with Crippen molar-refractivity contribution < 1.29 is 5.11 Å². The Kier molecular flexibility index (Phi) is 10.0. The Morgan fingerprint density at radius 2 is 1.81 bits per heavy atom. The second kappa shape index (κ2) is 10.1. The fraction of sp³-hybridized carbons (Fsp3) is 1.00. The molecule has 98 valence electrons. The van der Waals surface area contributed by atoms with Gasteiger partial charge in [0.25, 0.3) is 0 Å². The van der Waals surface area contributed by atoms with E-state index in [4.69, 9.17) is 0 Å². The van der Waals surface area contributed by atoms with Gasteiger partial charge in [0.15, 0.2) is 0 Å². The Morgan fingerprint density at radius 1 is 1.12 bits per heavy atom. The largest absolute Gasteiger partial charge is 0.392 e. The normalized spacial score (nSPS) is 15.4. The van der Waals surface area contributed by atoms with E-state index in [0.717, 1.165) is 25.4 Å². The van der Waals surface area contributed by atoms with Gasteiger partial charge in [-0.1, -0.05) is 47.0 Å². The summed E-state index contributed by atoms with van der Waals surface area (Å²) in [6.45, 7) is 10.6. The molecule has 0 bridgehead atoms. The highest BCUT2D eigenvalue weighted by Gasteiger charge is 2.09. The van der Waals surface area contributed by atoms with E-state index in [2.05, 4.69) is 33.0 Å². The number of rotatable bonds is 10. The Hall–Kier alpha value is -0.0800. The number of hydrogen-bond acceptors (Lipinski definition) is 2. The summed E-state index contributed by atoms with van der Waals surface area (Å²) in [6, 6.07) is 0. The van der Waals surface area contributed by atoms with E-state index in [0.29, 0.717) is 5.92 Å². The SMILES string of the molecule is CCCCC(CC)CNCC(O)CC(C)C. The molecular weight excluding hydrogens is 198 g/mol. The van der Waals surface area contributed by atoms with Crippen molar-refractivity contribution >= 4 is 0 Å². The number of aliphatic hydroxyl groups is 1. The molecule has 0 aromatic carbocycles. The first-order chi connectivity index (χ1) is 7.60. The average Bonchev–Trinajstić information content (AvgIpc) is 2.22. The van der Waals surface area contributed by atoms with Crippen molar-refractivity contribution in [2.24, 2.45) is 11.8 Å². The summed E-state index contributed by atoms with van der Waals surface area (Å²) in [5, 5.41) is 13.1. The second-order valence-corrected chi connectivity index (χ2v) is 5.36. The van der Waals surface area contributed by atoms with Gasteiger partial charge in [-0.3, -0.25) is 0 Å². The minimum Gasteiger partial charge on any atom is -0.392 e. The fourth-order valence-corrected chi connectivity index (χ4v) is 2.02. The van der Waals surface area contributed by atoms with Crippen molar-refractivity contribution in [2.45, 2.75) is 65.9 Å². The Bertz CT molecular complexity index is 148. The van der Waals surface area contributed by atoms with Gasteiger partial charge in [-0.05, 0) is 31.2 Å². The molecule has 0 aromatic heterocycles. The fourth-order valence-electron chi connectivity index (χ4n) is 2.02. The maximum Gasteiger partial charge on any atom is 0.0667 e. The van der Waals surface area contributed by atoms with Crippen LogP contribution >= 0.6 is 0 Å². The van der Waals surface area contributed by atoms with Gasteiger partial charge in [0.2, 0.25) is 0 Å². The molecule has 2 unspecified atom stereocenters. The van der Waals surface area contributed by atoms with E-state index in [9.17, 15) is 5.11 Å². The third-order valence-electron chi connectivity index (χ3n) is 3.10. The van der Waals surface area contributed by atoms with Crippen LogP contribution in [0.4, 0.5) is 0 Å². The van der Waals surface area contributed by atoms with Crippen LogP contribution in [-0.2, 0) is 0 Å². The summed E-state index contributed by atoms with van der Waals surface area (Å²) in [4.78, 5) is 0. The van der Waals surface area contributed by atoms with Crippen molar-refractivity contribution in [3.63, 3.8) is 0 Å². The standard InChI is InChI=1S/C14H31NO/c1-5-7-8-13(6-2)10-15-11-14(16)9-12(3)4/h12-16H,5-11H2,1-4H3. The quantitative estimate of drug-likeness (QED) is 0.603. The third kappa shape index (κ3) is 9.17. The number of aliphatic hydroxyl groups excluding tert-OH is 1. The van der Waals surface area contributed by atoms with Crippen LogP contribution in [0.5, 0.6) is 0 Å². The maximum absolute atomic E-state index is 9.72. The van der Waals surface area contributed by atoms with Crippen LogP contribution in [-0.4, -0.2) is 24.3 Å². The average molecular weight is 229 g/mol. The molecule has 2 N–H and O–H groups in total. The molecule has 0 aliphatic heterocycles. The Morgan fingerprint density at radius 3 is 2.31 bits per heavy atom. The van der Waals surface area contributed by atoms with Crippen LogP contribution in [0.2, 0.25) is 0 Å². The zero-order valence-corrected chi connectivity index (χ0v) is 11.6. The molecule has 0 heterocycles. The minimum absolute atomic E-state index is 0.177. The summed E-state index contributed by atoms with van der Waals surface area (Å²) < 4.78 is 0. The van der Waals surface area contributed by atoms with E-state index in [1.54, 1.807) is 0 Å². The third-order valence-corrected chi connectivity index (χ3v) is 3.10. The molecule has 0 aliphatic rings. The highest BCUT2D eigenvalue weighted by Crippen LogP contribution is 2.11. The summed E-state index contributed by atoms with van der Waals surface area (Å²) in [7, 11) is 0. The topological polar surface area (TPSA) is 32.3 Å². The monoisotopic (exact) mass is 229 g/mol. The van der Waals surface area contributed by atoms with Crippen LogP contribution in [0.25, 0.3) is 0 Å². The predicted octanol–water partition coefficient (Wildman–Crippen LogP) is 3.20. The molecule has 16 heavy (non-hydrogen) atoms. The number of hydrogen-bond donors (Lipinski definition) is 2. The number of nitrogens with one attached hydrogen (secondary N) is 1. The van der Waals surface area contributed by atoms with Crippen molar-refractivity contribution in [2.75, 3.05) is 13.1 Å². The molecule has 0 amide bonds. The minimum atomic E-state index is -0.177. The predicted molar refractivity (Wildman–Crippen MR) is 71.6 cm³/mol. The van der Waals surface area contributed by atoms with Gasteiger partial charge in [-0.25, -0.2) is 0 Å². The molecule has 0 saturated heterocycles. The zero-order chi connectivity index (χ0) is 12.4. The van der Waals surface area contributed by atoms with Crippen LogP contribution in [0.15, 0.2) is 0 Å². The second-order valence-electron chi connectivity index (χ2n) is 5.36. The lowest BCUT2D eigenvalue weighted by atomic mass is 9.99. The van der Waals surface area contributed by atoms with Crippen molar-refractivity contribution in [3.05, 3.63) is 0 Å². The Labute approximate surface area is 102 Å². The lowest BCUT2D eigenvalue weighted by molar-refractivity contribution is 0.144. The van der Waals surface area contributed by atoms with Gasteiger partial charge in [-0.15, -0.1) is 0 Å². The summed E-state index contributed by atoms with van der Waals surface area (Å²) in [5.41, 5.74) is 0. The molecule has 0 rings (SSSR count).